The summed E-state index contributed by atoms with van der Waals surface area (Å²) < 4.78 is 55.4. The number of halogens is 5. The third kappa shape index (κ3) is 5.06. The fraction of sp³-hybridized carbons (Fsp3) is 0.261. The lowest BCUT2D eigenvalue weighted by Gasteiger charge is -2.32. The minimum Gasteiger partial charge on any atom is -0.349 e. The lowest BCUT2D eigenvalue weighted by molar-refractivity contribution is -0.143. The lowest BCUT2D eigenvalue weighted by Crippen LogP contribution is -2.46. The number of alkyl halides is 3. The van der Waals surface area contributed by atoms with Crippen LogP contribution in [0.3, 0.4) is 0 Å². The molecule has 2 amide bonds. The van der Waals surface area contributed by atoms with E-state index in [9.17, 15) is 27.2 Å². The summed E-state index contributed by atoms with van der Waals surface area (Å²) >= 11 is 5.82. The highest BCUT2D eigenvalue weighted by Crippen LogP contribution is 2.34. The fourth-order valence-electron chi connectivity index (χ4n) is 3.82. The quantitative estimate of drug-likeness (QED) is 0.534. The number of carbonyl (C=O) groups excluding carboxylic acids is 2. The smallest absolute Gasteiger partial charge is 0.349 e. The van der Waals surface area contributed by atoms with Crippen molar-refractivity contribution in [1.29, 1.82) is 0 Å². The molecule has 0 unspecified atom stereocenters. The minimum absolute atomic E-state index is 0.123. The lowest BCUT2D eigenvalue weighted by atomic mass is 10.0. The molecule has 2 aromatic carbocycles. The topological polar surface area (TPSA) is 67.2 Å². The van der Waals surface area contributed by atoms with Crippen molar-refractivity contribution < 1.29 is 27.2 Å². The first-order valence-corrected chi connectivity index (χ1v) is 10.8. The molecule has 34 heavy (non-hydrogen) atoms. The number of nitrogens with one attached hydrogen (secondary N) is 1. The maximum atomic E-state index is 13.9. The van der Waals surface area contributed by atoms with Gasteiger partial charge in [-0.25, -0.2) is 9.07 Å². The van der Waals surface area contributed by atoms with Gasteiger partial charge < -0.3 is 10.2 Å². The molecule has 11 heteroatoms. The maximum Gasteiger partial charge on any atom is 0.434 e. The van der Waals surface area contributed by atoms with Crippen LogP contribution >= 0.6 is 11.6 Å². The van der Waals surface area contributed by atoms with Crippen molar-refractivity contribution in [2.24, 2.45) is 0 Å². The van der Waals surface area contributed by atoms with Crippen LogP contribution in [0.5, 0.6) is 0 Å². The number of nitrogens with zero attached hydrogens (tertiary/aromatic N) is 3. The normalized spacial score (nSPS) is 14.8. The Hall–Kier alpha value is -3.40. The van der Waals surface area contributed by atoms with Gasteiger partial charge in [0.2, 0.25) is 0 Å². The largest absolute Gasteiger partial charge is 0.434 e. The van der Waals surface area contributed by atoms with Gasteiger partial charge in [0.25, 0.3) is 11.8 Å². The Morgan fingerprint density at radius 1 is 1.00 bits per heavy atom. The summed E-state index contributed by atoms with van der Waals surface area (Å²) in [4.78, 5) is 26.6. The van der Waals surface area contributed by atoms with Crippen LogP contribution in [0.1, 0.15) is 39.3 Å². The summed E-state index contributed by atoms with van der Waals surface area (Å²) in [6, 6.07) is 10.5. The third-order valence-electron chi connectivity index (χ3n) is 5.56. The standard InChI is InChI=1S/C23H19ClF4N4O2/c24-15-3-7-18(8-4-15)32-20(23(26,27)28)19(13-29-32)22(34)31-11-9-17(10-12-31)30-21(33)14-1-5-16(25)6-2-14/h1-8,13,17H,9-12H2,(H,30,33). The first-order valence-electron chi connectivity index (χ1n) is 10.4. The zero-order chi connectivity index (χ0) is 24.5. The summed E-state index contributed by atoms with van der Waals surface area (Å²) in [5.74, 6) is -1.62. The molecule has 1 N–H and O–H groups in total. The fourth-order valence-corrected chi connectivity index (χ4v) is 3.95. The van der Waals surface area contributed by atoms with E-state index in [-0.39, 0.29) is 30.7 Å². The van der Waals surface area contributed by atoms with Crippen molar-refractivity contribution >= 4 is 23.4 Å². The molecule has 1 aromatic heterocycles. The summed E-state index contributed by atoms with van der Waals surface area (Å²) in [6.45, 7) is 0.327. The number of benzene rings is 2. The number of aromatic nitrogens is 2. The van der Waals surface area contributed by atoms with E-state index < -0.39 is 29.2 Å². The highest BCUT2D eigenvalue weighted by molar-refractivity contribution is 6.30. The molecule has 6 nitrogen and oxygen atoms in total. The van der Waals surface area contributed by atoms with Crippen LogP contribution in [0.2, 0.25) is 5.02 Å². The predicted octanol–water partition coefficient (Wildman–Crippen LogP) is 4.72. The van der Waals surface area contributed by atoms with Crippen molar-refractivity contribution in [1.82, 2.24) is 20.0 Å². The molecule has 1 saturated heterocycles. The number of amides is 2. The molecule has 2 heterocycles. The van der Waals surface area contributed by atoms with Gasteiger partial charge in [0.15, 0.2) is 5.69 Å². The zero-order valence-corrected chi connectivity index (χ0v) is 18.4. The SMILES string of the molecule is O=C(NC1CCN(C(=O)c2cnn(-c3ccc(Cl)cc3)c2C(F)(F)F)CC1)c1ccc(F)cc1. The van der Waals surface area contributed by atoms with Gasteiger partial charge in [-0.05, 0) is 61.4 Å². The minimum atomic E-state index is -4.82. The van der Waals surface area contributed by atoms with E-state index in [1.165, 1.54) is 53.4 Å². The van der Waals surface area contributed by atoms with E-state index in [2.05, 4.69) is 10.4 Å². The van der Waals surface area contributed by atoms with Gasteiger partial charge in [0.05, 0.1) is 17.4 Å². The van der Waals surface area contributed by atoms with Crippen molar-refractivity contribution in [2.75, 3.05) is 13.1 Å². The van der Waals surface area contributed by atoms with Crippen molar-refractivity contribution in [2.45, 2.75) is 25.1 Å². The Labute approximate surface area is 197 Å². The Bertz CT molecular complexity index is 1190. The number of piperidine rings is 1. The Morgan fingerprint density at radius 2 is 1.62 bits per heavy atom. The van der Waals surface area contributed by atoms with Crippen LogP contribution in [0.4, 0.5) is 17.6 Å². The number of hydrogen-bond donors (Lipinski definition) is 1. The van der Waals surface area contributed by atoms with Crippen molar-refractivity contribution in [3.63, 3.8) is 0 Å². The molecule has 1 aliphatic heterocycles. The number of hydrogen-bond acceptors (Lipinski definition) is 3. The second-order valence-electron chi connectivity index (χ2n) is 7.84. The molecular weight excluding hydrogens is 476 g/mol. The molecule has 0 atom stereocenters. The first-order chi connectivity index (χ1) is 16.1. The second-order valence-corrected chi connectivity index (χ2v) is 8.28. The van der Waals surface area contributed by atoms with Crippen molar-refractivity contribution in [3.8, 4) is 5.69 Å². The summed E-state index contributed by atoms with van der Waals surface area (Å²) in [6.07, 6.45) is -3.17. The third-order valence-corrected chi connectivity index (χ3v) is 5.82. The van der Waals surface area contributed by atoms with E-state index in [4.69, 9.17) is 11.6 Å². The van der Waals surface area contributed by atoms with Gasteiger partial charge in [-0.2, -0.15) is 18.3 Å². The van der Waals surface area contributed by atoms with E-state index in [0.717, 1.165) is 6.20 Å². The summed E-state index contributed by atoms with van der Waals surface area (Å²) in [7, 11) is 0. The molecule has 0 saturated carbocycles. The molecule has 0 radical (unpaired) electrons. The number of likely N-dealkylation sites (tertiary alicyclic amines) is 1. The average Bonchev–Trinajstić information content (AvgIpc) is 3.26. The summed E-state index contributed by atoms with van der Waals surface area (Å²) in [5, 5.41) is 6.98. The molecule has 178 valence electrons. The second kappa shape index (κ2) is 9.46. The van der Waals surface area contributed by atoms with Crippen molar-refractivity contribution in [3.05, 3.63) is 82.4 Å². The molecular formula is C23H19ClF4N4O2. The van der Waals surface area contributed by atoms with E-state index in [1.807, 2.05) is 0 Å². The molecule has 4 rings (SSSR count). The number of carbonyl (C=O) groups is 2. The van der Waals surface area contributed by atoms with Gasteiger partial charge in [-0.1, -0.05) is 11.6 Å². The van der Waals surface area contributed by atoms with Crippen LogP contribution in [-0.4, -0.2) is 45.6 Å². The Balaban J connectivity index is 1.46. The van der Waals surface area contributed by atoms with E-state index in [0.29, 0.717) is 28.1 Å². The van der Waals surface area contributed by atoms with Gasteiger partial charge >= 0.3 is 6.18 Å². The van der Waals surface area contributed by atoms with Gasteiger partial charge in [-0.3, -0.25) is 9.59 Å². The van der Waals surface area contributed by atoms with Crippen LogP contribution < -0.4 is 5.32 Å². The van der Waals surface area contributed by atoms with E-state index in [1.54, 1.807) is 0 Å². The van der Waals surface area contributed by atoms with Crippen LogP contribution in [0.25, 0.3) is 5.69 Å². The Morgan fingerprint density at radius 3 is 2.21 bits per heavy atom. The molecule has 3 aromatic rings. The Kier molecular flexibility index (Phi) is 6.60. The molecule has 1 aliphatic rings. The highest BCUT2D eigenvalue weighted by Gasteiger charge is 2.41. The first kappa shape index (κ1) is 23.7. The van der Waals surface area contributed by atoms with Gasteiger partial charge in [0.1, 0.15) is 5.82 Å². The monoisotopic (exact) mass is 494 g/mol. The zero-order valence-electron chi connectivity index (χ0n) is 17.6. The van der Waals surface area contributed by atoms with Gasteiger partial charge in [-0.15, -0.1) is 0 Å². The molecule has 0 bridgehead atoms. The van der Waals surface area contributed by atoms with Crippen LogP contribution in [0.15, 0.2) is 54.7 Å². The molecule has 0 spiro atoms. The summed E-state index contributed by atoms with van der Waals surface area (Å²) in [5.41, 5.74) is -1.29. The van der Waals surface area contributed by atoms with E-state index >= 15 is 0 Å². The maximum absolute atomic E-state index is 13.9. The molecule has 1 fully saturated rings. The predicted molar refractivity (Wildman–Crippen MR) is 116 cm³/mol. The average molecular weight is 495 g/mol. The highest BCUT2D eigenvalue weighted by atomic mass is 35.5. The number of rotatable bonds is 4. The van der Waals surface area contributed by atoms with Crippen LogP contribution in [0, 0.1) is 5.82 Å². The van der Waals surface area contributed by atoms with Gasteiger partial charge in [0, 0.05) is 29.7 Å². The van der Waals surface area contributed by atoms with Crippen LogP contribution in [-0.2, 0) is 6.18 Å². The molecule has 0 aliphatic carbocycles.